The maximum absolute atomic E-state index is 5.68. The molecule has 2 fully saturated rings. The summed E-state index contributed by atoms with van der Waals surface area (Å²) in [6.45, 7) is 1.75. The summed E-state index contributed by atoms with van der Waals surface area (Å²) in [7, 11) is 0. The second-order valence-corrected chi connectivity index (χ2v) is 5.40. The normalized spacial score (nSPS) is 30.7. The quantitative estimate of drug-likeness (QED) is 0.787. The Hall–Kier alpha value is -1.02. The van der Waals surface area contributed by atoms with E-state index >= 15 is 0 Å². The highest BCUT2D eigenvalue weighted by Gasteiger charge is 2.38. The number of para-hydroxylation sites is 1. The summed E-state index contributed by atoms with van der Waals surface area (Å²) in [5.41, 5.74) is 0. The van der Waals surface area contributed by atoms with E-state index in [4.69, 9.17) is 4.74 Å². The van der Waals surface area contributed by atoms with Crippen molar-refractivity contribution in [2.45, 2.75) is 31.7 Å². The minimum absolute atomic E-state index is 0.771. The van der Waals surface area contributed by atoms with Gasteiger partial charge in [0, 0.05) is 12.6 Å². The lowest BCUT2D eigenvalue weighted by Crippen LogP contribution is -2.36. The predicted octanol–water partition coefficient (Wildman–Crippen LogP) is 2.84. The van der Waals surface area contributed by atoms with Crippen LogP contribution in [0, 0.1) is 11.8 Å². The molecule has 2 aliphatic carbocycles. The van der Waals surface area contributed by atoms with Crippen LogP contribution in [-0.4, -0.2) is 19.2 Å². The molecule has 0 amide bonds. The van der Waals surface area contributed by atoms with E-state index in [2.05, 4.69) is 5.32 Å². The highest BCUT2D eigenvalue weighted by molar-refractivity contribution is 5.20. The fourth-order valence-electron chi connectivity index (χ4n) is 3.42. The average Bonchev–Trinajstić information content (AvgIpc) is 2.98. The molecule has 2 aliphatic rings. The van der Waals surface area contributed by atoms with E-state index in [0.29, 0.717) is 0 Å². The zero-order valence-corrected chi connectivity index (χ0v) is 10.3. The fourth-order valence-corrected chi connectivity index (χ4v) is 3.42. The van der Waals surface area contributed by atoms with Crippen LogP contribution in [0.3, 0.4) is 0 Å². The molecular weight excluding hydrogens is 210 g/mol. The molecule has 0 spiro atoms. The first-order valence-corrected chi connectivity index (χ1v) is 6.83. The van der Waals surface area contributed by atoms with Gasteiger partial charge in [0.25, 0.3) is 0 Å². The number of hydrogen-bond acceptors (Lipinski definition) is 2. The van der Waals surface area contributed by atoms with Gasteiger partial charge in [0.05, 0.1) is 0 Å². The minimum Gasteiger partial charge on any atom is -0.492 e. The molecule has 0 saturated heterocycles. The first-order chi connectivity index (χ1) is 8.42. The number of hydrogen-bond donors (Lipinski definition) is 1. The van der Waals surface area contributed by atoms with E-state index < -0.39 is 0 Å². The Morgan fingerprint density at radius 1 is 1.12 bits per heavy atom. The molecule has 3 rings (SSSR count). The van der Waals surface area contributed by atoms with Gasteiger partial charge in [0.2, 0.25) is 0 Å². The van der Waals surface area contributed by atoms with Crippen molar-refractivity contribution in [1.82, 2.24) is 5.32 Å². The van der Waals surface area contributed by atoms with Crippen LogP contribution >= 0.6 is 0 Å². The van der Waals surface area contributed by atoms with Crippen molar-refractivity contribution in [1.29, 1.82) is 0 Å². The van der Waals surface area contributed by atoms with Gasteiger partial charge in [0.1, 0.15) is 12.4 Å². The molecule has 0 heterocycles. The van der Waals surface area contributed by atoms with Crippen molar-refractivity contribution in [3.8, 4) is 5.75 Å². The third-order valence-corrected chi connectivity index (χ3v) is 4.26. The lowest BCUT2D eigenvalue weighted by molar-refractivity contribution is 0.282. The van der Waals surface area contributed by atoms with Crippen molar-refractivity contribution in [3.63, 3.8) is 0 Å². The lowest BCUT2D eigenvalue weighted by Gasteiger charge is -2.22. The summed E-state index contributed by atoms with van der Waals surface area (Å²) in [4.78, 5) is 0. The minimum atomic E-state index is 0.771. The molecule has 1 aromatic carbocycles. The van der Waals surface area contributed by atoms with Crippen LogP contribution in [-0.2, 0) is 0 Å². The summed E-state index contributed by atoms with van der Waals surface area (Å²) in [6, 6.07) is 10.8. The average molecular weight is 231 g/mol. The topological polar surface area (TPSA) is 21.3 Å². The zero-order valence-electron chi connectivity index (χ0n) is 10.3. The Morgan fingerprint density at radius 2 is 2.00 bits per heavy atom. The van der Waals surface area contributed by atoms with Gasteiger partial charge in [-0.2, -0.15) is 0 Å². The first-order valence-electron chi connectivity index (χ1n) is 6.83. The summed E-state index contributed by atoms with van der Waals surface area (Å²) in [6.07, 6.45) is 5.79. The molecule has 0 radical (unpaired) electrons. The monoisotopic (exact) mass is 231 g/mol. The number of rotatable bonds is 5. The lowest BCUT2D eigenvalue weighted by atomic mass is 9.95. The van der Waals surface area contributed by atoms with Crippen LogP contribution in [0.25, 0.3) is 0 Å². The summed E-state index contributed by atoms with van der Waals surface area (Å²) in [5, 5.41) is 3.66. The molecule has 2 nitrogen and oxygen atoms in total. The Bertz CT molecular complexity index is 351. The van der Waals surface area contributed by atoms with Gasteiger partial charge >= 0.3 is 0 Å². The molecule has 1 aromatic rings. The molecule has 2 bridgehead atoms. The van der Waals surface area contributed by atoms with Crippen LogP contribution in [0.15, 0.2) is 30.3 Å². The van der Waals surface area contributed by atoms with Crippen LogP contribution in [0.1, 0.15) is 25.7 Å². The number of benzene rings is 1. The molecule has 92 valence electrons. The molecule has 0 aromatic heterocycles. The van der Waals surface area contributed by atoms with Gasteiger partial charge in [-0.25, -0.2) is 0 Å². The van der Waals surface area contributed by atoms with Crippen molar-refractivity contribution in [2.24, 2.45) is 11.8 Å². The van der Waals surface area contributed by atoms with E-state index in [0.717, 1.165) is 36.8 Å². The number of nitrogens with one attached hydrogen (secondary N) is 1. The van der Waals surface area contributed by atoms with Gasteiger partial charge in [0.15, 0.2) is 0 Å². The van der Waals surface area contributed by atoms with Gasteiger partial charge < -0.3 is 10.1 Å². The summed E-state index contributed by atoms with van der Waals surface area (Å²) in [5.74, 6) is 2.95. The van der Waals surface area contributed by atoms with Crippen molar-refractivity contribution < 1.29 is 4.74 Å². The second-order valence-electron chi connectivity index (χ2n) is 5.40. The number of fused-ring (bicyclic) bond motifs is 2. The summed E-state index contributed by atoms with van der Waals surface area (Å²) >= 11 is 0. The molecule has 3 atom stereocenters. The van der Waals surface area contributed by atoms with Gasteiger partial charge in [-0.1, -0.05) is 24.6 Å². The SMILES string of the molecule is c1ccc(OCCNC2CC3CCC2C3)cc1. The molecular formula is C15H21NO. The van der Waals surface area contributed by atoms with Gasteiger partial charge in [-0.3, -0.25) is 0 Å². The van der Waals surface area contributed by atoms with Crippen molar-refractivity contribution >= 4 is 0 Å². The summed E-state index contributed by atoms with van der Waals surface area (Å²) < 4.78 is 5.68. The molecule has 3 unspecified atom stereocenters. The predicted molar refractivity (Wildman–Crippen MR) is 69.2 cm³/mol. The van der Waals surface area contributed by atoms with E-state index in [1.807, 2.05) is 30.3 Å². The van der Waals surface area contributed by atoms with Crippen LogP contribution in [0.5, 0.6) is 5.75 Å². The maximum Gasteiger partial charge on any atom is 0.119 e. The van der Waals surface area contributed by atoms with E-state index in [-0.39, 0.29) is 0 Å². The fraction of sp³-hybridized carbons (Fsp3) is 0.600. The van der Waals surface area contributed by atoms with E-state index in [1.165, 1.54) is 25.7 Å². The van der Waals surface area contributed by atoms with Gasteiger partial charge in [-0.15, -0.1) is 0 Å². The first kappa shape index (κ1) is 11.1. The van der Waals surface area contributed by atoms with Crippen molar-refractivity contribution in [3.05, 3.63) is 30.3 Å². The van der Waals surface area contributed by atoms with E-state index in [9.17, 15) is 0 Å². The van der Waals surface area contributed by atoms with E-state index in [1.54, 1.807) is 0 Å². The Labute approximate surface area is 103 Å². The third kappa shape index (κ3) is 2.63. The van der Waals surface area contributed by atoms with Gasteiger partial charge in [-0.05, 0) is 43.2 Å². The van der Waals surface area contributed by atoms with Crippen LogP contribution < -0.4 is 10.1 Å². The largest absolute Gasteiger partial charge is 0.492 e. The highest BCUT2D eigenvalue weighted by atomic mass is 16.5. The third-order valence-electron chi connectivity index (χ3n) is 4.26. The Morgan fingerprint density at radius 3 is 2.71 bits per heavy atom. The Balaban J connectivity index is 1.36. The molecule has 2 saturated carbocycles. The smallest absolute Gasteiger partial charge is 0.119 e. The highest BCUT2D eigenvalue weighted by Crippen LogP contribution is 2.44. The van der Waals surface area contributed by atoms with Crippen LogP contribution in [0.4, 0.5) is 0 Å². The van der Waals surface area contributed by atoms with Crippen molar-refractivity contribution in [2.75, 3.05) is 13.2 Å². The molecule has 1 N–H and O–H groups in total. The molecule has 0 aliphatic heterocycles. The molecule has 17 heavy (non-hydrogen) atoms. The second kappa shape index (κ2) is 5.09. The number of ether oxygens (including phenoxy) is 1. The standard InChI is InChI=1S/C15H21NO/c1-2-4-14(5-3-1)17-9-8-16-15-11-12-6-7-13(15)10-12/h1-5,12-13,15-16H,6-11H2. The molecule has 2 heteroatoms. The maximum atomic E-state index is 5.68. The van der Waals surface area contributed by atoms with Crippen LogP contribution in [0.2, 0.25) is 0 Å². The Kier molecular flexibility index (Phi) is 3.32. The zero-order chi connectivity index (χ0) is 11.5.